The minimum absolute atomic E-state index is 0.0152. The number of hydrogen-bond acceptors (Lipinski definition) is 4. The highest BCUT2D eigenvalue weighted by Crippen LogP contribution is 2.24. The first kappa shape index (κ1) is 15.3. The molecule has 1 aromatic carbocycles. The molecule has 8 heteroatoms. The van der Waals surface area contributed by atoms with Gasteiger partial charge in [-0.2, -0.15) is 4.39 Å². The van der Waals surface area contributed by atoms with Crippen molar-refractivity contribution in [2.75, 3.05) is 13.1 Å². The largest absolute Gasteiger partial charge is 0.391 e. The van der Waals surface area contributed by atoms with Crippen molar-refractivity contribution >= 4 is 11.6 Å². The third kappa shape index (κ3) is 2.99. The van der Waals surface area contributed by atoms with Crippen molar-refractivity contribution in [1.29, 1.82) is 0 Å². The number of halogens is 2. The van der Waals surface area contributed by atoms with Crippen LogP contribution in [0.5, 0.6) is 0 Å². The van der Waals surface area contributed by atoms with Gasteiger partial charge in [-0.25, -0.2) is 4.39 Å². The Morgan fingerprint density at radius 3 is 2.67 bits per heavy atom. The molecule has 114 valence electrons. The summed E-state index contributed by atoms with van der Waals surface area (Å²) in [5.74, 6) is -3.26. The SMILES string of the molecule is CC1CCN(C(=O)c2cc([N+](=O)[O-])c(F)cc2F)CC1O. The quantitative estimate of drug-likeness (QED) is 0.666. The van der Waals surface area contributed by atoms with Gasteiger partial charge in [0.1, 0.15) is 5.82 Å². The number of benzene rings is 1. The standard InChI is InChI=1S/C13H14F2N2O4/c1-7-2-3-16(6-12(7)18)13(19)8-4-11(17(20)21)10(15)5-9(8)14/h4-5,7,12,18H,2-3,6H2,1H3. The van der Waals surface area contributed by atoms with E-state index in [1.807, 2.05) is 6.92 Å². The summed E-state index contributed by atoms with van der Waals surface area (Å²) in [5.41, 5.74) is -1.52. The molecule has 0 radical (unpaired) electrons. The van der Waals surface area contributed by atoms with E-state index in [1.54, 1.807) is 0 Å². The van der Waals surface area contributed by atoms with Gasteiger partial charge in [0.25, 0.3) is 5.91 Å². The van der Waals surface area contributed by atoms with Gasteiger partial charge >= 0.3 is 5.69 Å². The molecule has 0 saturated carbocycles. The van der Waals surface area contributed by atoms with E-state index in [1.165, 1.54) is 4.90 Å². The Kier molecular flexibility index (Phi) is 4.17. The number of rotatable bonds is 2. The molecule has 1 N–H and O–H groups in total. The number of likely N-dealkylation sites (tertiary alicyclic amines) is 1. The highest BCUT2D eigenvalue weighted by Gasteiger charge is 2.31. The molecule has 1 amide bonds. The first-order valence-corrected chi connectivity index (χ1v) is 6.42. The molecular formula is C13H14F2N2O4. The molecule has 6 nitrogen and oxygen atoms in total. The maximum absolute atomic E-state index is 13.7. The average Bonchev–Trinajstić information content (AvgIpc) is 2.41. The molecule has 1 aliphatic rings. The second-order valence-corrected chi connectivity index (χ2v) is 5.13. The van der Waals surface area contributed by atoms with Gasteiger partial charge in [0.05, 0.1) is 16.6 Å². The number of β-amino-alcohol motifs (C(OH)–C–C–N with tert-alkyl or cyclic N) is 1. The fourth-order valence-corrected chi connectivity index (χ4v) is 2.25. The van der Waals surface area contributed by atoms with Gasteiger partial charge in [-0.15, -0.1) is 0 Å². The molecule has 1 aromatic rings. The van der Waals surface area contributed by atoms with Crippen molar-refractivity contribution in [2.24, 2.45) is 5.92 Å². The second kappa shape index (κ2) is 5.72. The topological polar surface area (TPSA) is 83.7 Å². The zero-order valence-electron chi connectivity index (χ0n) is 11.3. The zero-order chi connectivity index (χ0) is 15.7. The first-order chi connectivity index (χ1) is 9.81. The fourth-order valence-electron chi connectivity index (χ4n) is 2.25. The van der Waals surface area contributed by atoms with Crippen molar-refractivity contribution in [3.63, 3.8) is 0 Å². The van der Waals surface area contributed by atoms with E-state index in [0.29, 0.717) is 25.1 Å². The predicted molar refractivity (Wildman–Crippen MR) is 68.7 cm³/mol. The molecule has 0 aromatic heterocycles. The Morgan fingerprint density at radius 2 is 2.10 bits per heavy atom. The van der Waals surface area contributed by atoms with Gasteiger partial charge in [0.15, 0.2) is 0 Å². The van der Waals surface area contributed by atoms with E-state index < -0.39 is 39.8 Å². The molecular weight excluding hydrogens is 286 g/mol. The summed E-state index contributed by atoms with van der Waals surface area (Å²) < 4.78 is 27.0. The lowest BCUT2D eigenvalue weighted by atomic mass is 9.95. The molecule has 21 heavy (non-hydrogen) atoms. The van der Waals surface area contributed by atoms with Crippen molar-refractivity contribution in [1.82, 2.24) is 4.90 Å². The van der Waals surface area contributed by atoms with Crippen LogP contribution in [-0.2, 0) is 0 Å². The van der Waals surface area contributed by atoms with Crippen LogP contribution < -0.4 is 0 Å². The summed E-state index contributed by atoms with van der Waals surface area (Å²) >= 11 is 0. The Morgan fingerprint density at radius 1 is 1.43 bits per heavy atom. The summed E-state index contributed by atoms with van der Waals surface area (Å²) in [6.07, 6.45) is -0.196. The smallest absolute Gasteiger partial charge is 0.305 e. The van der Waals surface area contributed by atoms with Crippen LogP contribution in [0.3, 0.4) is 0 Å². The number of carbonyl (C=O) groups is 1. The molecule has 1 saturated heterocycles. The van der Waals surface area contributed by atoms with Gasteiger partial charge in [0.2, 0.25) is 5.82 Å². The summed E-state index contributed by atoms with van der Waals surface area (Å²) in [7, 11) is 0. The van der Waals surface area contributed by atoms with E-state index >= 15 is 0 Å². The monoisotopic (exact) mass is 300 g/mol. The lowest BCUT2D eigenvalue weighted by molar-refractivity contribution is -0.387. The van der Waals surface area contributed by atoms with Crippen molar-refractivity contribution in [3.8, 4) is 0 Å². The number of nitro benzene ring substituents is 1. The molecule has 0 spiro atoms. The van der Waals surface area contributed by atoms with Crippen molar-refractivity contribution < 1.29 is 23.6 Å². The number of amides is 1. The van der Waals surface area contributed by atoms with Crippen molar-refractivity contribution in [2.45, 2.75) is 19.4 Å². The van der Waals surface area contributed by atoms with Gasteiger partial charge < -0.3 is 10.0 Å². The molecule has 0 bridgehead atoms. The van der Waals surface area contributed by atoms with E-state index in [0.717, 1.165) is 0 Å². The molecule has 1 fully saturated rings. The van der Waals surface area contributed by atoms with E-state index in [4.69, 9.17) is 0 Å². The van der Waals surface area contributed by atoms with E-state index in [-0.39, 0.29) is 12.5 Å². The van der Waals surface area contributed by atoms with Crippen LogP contribution in [0.1, 0.15) is 23.7 Å². The molecule has 2 rings (SSSR count). The Balaban J connectivity index is 2.31. The molecule has 1 heterocycles. The number of nitro groups is 1. The fraction of sp³-hybridized carbons (Fsp3) is 0.462. The van der Waals surface area contributed by atoms with Gasteiger partial charge in [-0.1, -0.05) is 6.92 Å². The normalized spacial score (nSPS) is 22.2. The molecule has 2 unspecified atom stereocenters. The van der Waals surface area contributed by atoms with Crippen molar-refractivity contribution in [3.05, 3.63) is 39.4 Å². The summed E-state index contributed by atoms with van der Waals surface area (Å²) in [5, 5.41) is 20.4. The van der Waals surface area contributed by atoms with E-state index in [2.05, 4.69) is 0 Å². The number of hydrogen-bond donors (Lipinski definition) is 1. The molecule has 2 atom stereocenters. The van der Waals surface area contributed by atoms with Crippen LogP contribution in [0.15, 0.2) is 12.1 Å². The van der Waals surface area contributed by atoms with Gasteiger partial charge in [-0.05, 0) is 12.3 Å². The molecule has 1 aliphatic heterocycles. The third-order valence-electron chi connectivity index (χ3n) is 3.67. The van der Waals surface area contributed by atoms with Gasteiger partial charge in [0, 0.05) is 25.2 Å². The summed E-state index contributed by atoms with van der Waals surface area (Å²) in [4.78, 5) is 23.0. The number of aliphatic hydroxyl groups excluding tert-OH is 1. The third-order valence-corrected chi connectivity index (χ3v) is 3.67. The maximum atomic E-state index is 13.7. The van der Waals surface area contributed by atoms with Crippen LogP contribution in [-0.4, -0.2) is 40.0 Å². The Labute approximate surface area is 119 Å². The summed E-state index contributed by atoms with van der Waals surface area (Å²) in [6.45, 7) is 2.15. The minimum atomic E-state index is -1.33. The first-order valence-electron chi connectivity index (χ1n) is 6.42. The van der Waals surface area contributed by atoms with Crippen LogP contribution >= 0.6 is 0 Å². The number of aliphatic hydroxyl groups is 1. The average molecular weight is 300 g/mol. The number of piperidine rings is 1. The number of carbonyl (C=O) groups excluding carboxylic acids is 1. The van der Waals surface area contributed by atoms with E-state index in [9.17, 15) is 28.8 Å². The van der Waals surface area contributed by atoms with Crippen LogP contribution in [0.25, 0.3) is 0 Å². The second-order valence-electron chi connectivity index (χ2n) is 5.13. The van der Waals surface area contributed by atoms with Crippen LogP contribution in [0.2, 0.25) is 0 Å². The zero-order valence-corrected chi connectivity index (χ0v) is 11.3. The van der Waals surface area contributed by atoms with Crippen LogP contribution in [0.4, 0.5) is 14.5 Å². The minimum Gasteiger partial charge on any atom is -0.391 e. The Bertz CT molecular complexity index is 594. The highest BCUT2D eigenvalue weighted by molar-refractivity contribution is 5.95. The predicted octanol–water partition coefficient (Wildman–Crippen LogP) is 1.72. The number of nitrogens with zero attached hydrogens (tertiary/aromatic N) is 2. The Hall–Kier alpha value is -2.09. The van der Waals surface area contributed by atoms with Crippen LogP contribution in [0, 0.1) is 27.7 Å². The summed E-state index contributed by atoms with van der Waals surface area (Å²) in [6, 6.07) is 0.922. The lowest BCUT2D eigenvalue weighted by Crippen LogP contribution is -2.46. The highest BCUT2D eigenvalue weighted by atomic mass is 19.1. The lowest BCUT2D eigenvalue weighted by Gasteiger charge is -2.34. The molecule has 0 aliphatic carbocycles. The maximum Gasteiger partial charge on any atom is 0.305 e. The van der Waals surface area contributed by atoms with Gasteiger partial charge in [-0.3, -0.25) is 14.9 Å².